The molecule has 0 atom stereocenters. The van der Waals surface area contributed by atoms with E-state index in [9.17, 15) is 9.59 Å². The molecule has 2 amide bonds. The number of nitrogens with two attached hydrogens (primary N) is 1. The molecule has 0 heterocycles. The quantitative estimate of drug-likeness (QED) is 0.517. The number of para-hydroxylation sites is 1. The van der Waals surface area contributed by atoms with Crippen molar-refractivity contribution in [3.63, 3.8) is 0 Å². The molecule has 0 aliphatic heterocycles. The Hall–Kier alpha value is -3.64. The molecule has 4 rings (SSSR count). The fourth-order valence-electron chi connectivity index (χ4n) is 4.28. The number of carbonyl (C=O) groups excluding carboxylic acids is 2. The average Bonchev–Trinajstić information content (AvgIpc) is 2.88. The normalized spacial score (nSPS) is 17.6. The number of rotatable bonds is 8. The summed E-state index contributed by atoms with van der Waals surface area (Å²) >= 11 is 0. The van der Waals surface area contributed by atoms with Crippen LogP contribution in [0.25, 0.3) is 0 Å². The summed E-state index contributed by atoms with van der Waals surface area (Å²) in [5, 5.41) is 2.85. The van der Waals surface area contributed by atoms with Gasteiger partial charge in [0.05, 0.1) is 0 Å². The predicted molar refractivity (Wildman–Crippen MR) is 134 cm³/mol. The van der Waals surface area contributed by atoms with Crippen LogP contribution in [0, 0.1) is 0 Å². The molecule has 176 valence electrons. The van der Waals surface area contributed by atoms with Crippen LogP contribution < -0.4 is 15.8 Å². The zero-order valence-electron chi connectivity index (χ0n) is 19.2. The van der Waals surface area contributed by atoms with E-state index in [1.807, 2.05) is 89.8 Å². The van der Waals surface area contributed by atoms with Crippen molar-refractivity contribution < 1.29 is 14.3 Å². The molecule has 0 radical (unpaired) electrons. The van der Waals surface area contributed by atoms with Crippen molar-refractivity contribution in [1.29, 1.82) is 0 Å². The van der Waals surface area contributed by atoms with Gasteiger partial charge in [0.15, 0.2) is 6.61 Å². The summed E-state index contributed by atoms with van der Waals surface area (Å²) in [5.41, 5.74) is 8.50. The maximum Gasteiger partial charge on any atom is 0.262 e. The van der Waals surface area contributed by atoms with Gasteiger partial charge in [-0.15, -0.1) is 0 Å². The average molecular weight is 458 g/mol. The smallest absolute Gasteiger partial charge is 0.262 e. The Kier molecular flexibility index (Phi) is 7.94. The summed E-state index contributed by atoms with van der Waals surface area (Å²) in [6.45, 7) is 0.452. The first-order valence-electron chi connectivity index (χ1n) is 11.8. The minimum atomic E-state index is -0.226. The van der Waals surface area contributed by atoms with Crippen LogP contribution >= 0.6 is 0 Å². The van der Waals surface area contributed by atoms with Gasteiger partial charge in [-0.25, -0.2) is 0 Å². The molecule has 1 fully saturated rings. The first kappa shape index (κ1) is 23.5. The highest BCUT2D eigenvalue weighted by Crippen LogP contribution is 2.26. The van der Waals surface area contributed by atoms with Gasteiger partial charge >= 0.3 is 0 Å². The summed E-state index contributed by atoms with van der Waals surface area (Å²) in [5.74, 6) is 0.465. The number of anilines is 1. The van der Waals surface area contributed by atoms with Crippen molar-refractivity contribution in [2.45, 2.75) is 44.3 Å². The number of nitrogens with one attached hydrogen (secondary N) is 1. The maximum atomic E-state index is 13.4. The van der Waals surface area contributed by atoms with Crippen LogP contribution in [0.4, 0.5) is 5.69 Å². The standard InChI is InChI=1S/C28H31N3O3/c29-23-13-17-25(18-14-23)31(28(33)22-7-3-1-4-8-22)19-21-11-15-24(16-12-21)30-27(32)20-34-26-9-5-2-6-10-26/h1-12,15-16,23,25H,13-14,17-20,29H2,(H,30,32). The van der Waals surface area contributed by atoms with Crippen molar-refractivity contribution in [3.8, 4) is 5.75 Å². The van der Waals surface area contributed by atoms with E-state index >= 15 is 0 Å². The molecule has 0 aromatic heterocycles. The van der Waals surface area contributed by atoms with Crippen molar-refractivity contribution in [1.82, 2.24) is 4.90 Å². The molecule has 0 spiro atoms. The lowest BCUT2D eigenvalue weighted by atomic mass is 9.90. The molecule has 1 aliphatic rings. The van der Waals surface area contributed by atoms with Gasteiger partial charge in [0.2, 0.25) is 0 Å². The SMILES string of the molecule is NC1CCC(N(Cc2ccc(NC(=O)COc3ccccc3)cc2)C(=O)c2ccccc2)CC1. The van der Waals surface area contributed by atoms with E-state index in [2.05, 4.69) is 5.32 Å². The van der Waals surface area contributed by atoms with Gasteiger partial charge in [0.25, 0.3) is 11.8 Å². The molecule has 0 bridgehead atoms. The molecular weight excluding hydrogens is 426 g/mol. The second-order valence-electron chi connectivity index (χ2n) is 8.71. The molecule has 0 unspecified atom stereocenters. The molecule has 3 aromatic rings. The third-order valence-electron chi connectivity index (χ3n) is 6.17. The number of ether oxygens (including phenoxy) is 1. The molecule has 6 nitrogen and oxygen atoms in total. The minimum absolute atomic E-state index is 0.0384. The largest absolute Gasteiger partial charge is 0.484 e. The van der Waals surface area contributed by atoms with Gasteiger partial charge in [-0.2, -0.15) is 0 Å². The van der Waals surface area contributed by atoms with Crippen LogP contribution in [-0.2, 0) is 11.3 Å². The van der Waals surface area contributed by atoms with E-state index in [1.54, 1.807) is 0 Å². The molecule has 0 saturated heterocycles. The number of hydrogen-bond donors (Lipinski definition) is 2. The lowest BCUT2D eigenvalue weighted by Gasteiger charge is -2.36. The van der Waals surface area contributed by atoms with Gasteiger partial charge < -0.3 is 20.7 Å². The highest BCUT2D eigenvalue weighted by atomic mass is 16.5. The van der Waals surface area contributed by atoms with E-state index in [1.165, 1.54) is 0 Å². The van der Waals surface area contributed by atoms with E-state index in [-0.39, 0.29) is 30.5 Å². The molecule has 1 saturated carbocycles. The highest BCUT2D eigenvalue weighted by molar-refractivity contribution is 5.94. The molecule has 1 aliphatic carbocycles. The predicted octanol–water partition coefficient (Wildman–Crippen LogP) is 4.62. The Balaban J connectivity index is 1.39. The molecule has 6 heteroatoms. The Morgan fingerprint density at radius 1 is 0.853 bits per heavy atom. The van der Waals surface area contributed by atoms with Crippen LogP contribution in [0.15, 0.2) is 84.9 Å². The highest BCUT2D eigenvalue weighted by Gasteiger charge is 2.28. The molecule has 34 heavy (non-hydrogen) atoms. The zero-order valence-corrected chi connectivity index (χ0v) is 19.2. The van der Waals surface area contributed by atoms with Gasteiger partial charge in [-0.3, -0.25) is 9.59 Å². The third kappa shape index (κ3) is 6.45. The van der Waals surface area contributed by atoms with E-state index < -0.39 is 0 Å². The lowest BCUT2D eigenvalue weighted by Crippen LogP contribution is -2.43. The summed E-state index contributed by atoms with van der Waals surface area (Å²) < 4.78 is 5.49. The first-order chi connectivity index (χ1) is 16.6. The monoisotopic (exact) mass is 457 g/mol. The molecular formula is C28H31N3O3. The number of benzene rings is 3. The summed E-state index contributed by atoms with van der Waals surface area (Å²) in [4.78, 5) is 27.6. The number of carbonyl (C=O) groups is 2. The van der Waals surface area contributed by atoms with Gasteiger partial charge in [0, 0.05) is 29.9 Å². The zero-order chi connectivity index (χ0) is 23.8. The second kappa shape index (κ2) is 11.5. The van der Waals surface area contributed by atoms with Crippen LogP contribution in [0.3, 0.4) is 0 Å². The topological polar surface area (TPSA) is 84.7 Å². The van der Waals surface area contributed by atoms with Crippen molar-refractivity contribution in [3.05, 3.63) is 96.1 Å². The Bertz CT molecular complexity index is 1060. The molecule has 3 N–H and O–H groups in total. The summed E-state index contributed by atoms with van der Waals surface area (Å²) in [7, 11) is 0. The summed E-state index contributed by atoms with van der Waals surface area (Å²) in [6.07, 6.45) is 3.68. The van der Waals surface area contributed by atoms with Crippen LogP contribution in [-0.4, -0.2) is 35.4 Å². The van der Waals surface area contributed by atoms with Gasteiger partial charge in [-0.05, 0) is 67.6 Å². The Labute approximate surface area is 200 Å². The van der Waals surface area contributed by atoms with Crippen LogP contribution in [0.1, 0.15) is 41.6 Å². The minimum Gasteiger partial charge on any atom is -0.484 e. The Morgan fingerprint density at radius 3 is 2.12 bits per heavy atom. The first-order valence-corrected chi connectivity index (χ1v) is 11.8. The van der Waals surface area contributed by atoms with E-state index in [4.69, 9.17) is 10.5 Å². The fourth-order valence-corrected chi connectivity index (χ4v) is 4.28. The third-order valence-corrected chi connectivity index (χ3v) is 6.17. The second-order valence-corrected chi connectivity index (χ2v) is 8.71. The number of nitrogens with zero attached hydrogens (tertiary/aromatic N) is 1. The number of hydrogen-bond acceptors (Lipinski definition) is 4. The van der Waals surface area contributed by atoms with E-state index in [0.717, 1.165) is 31.2 Å². The van der Waals surface area contributed by atoms with Crippen molar-refractivity contribution in [2.75, 3.05) is 11.9 Å². The van der Waals surface area contributed by atoms with Gasteiger partial charge in [-0.1, -0.05) is 48.5 Å². The maximum absolute atomic E-state index is 13.4. The van der Waals surface area contributed by atoms with Gasteiger partial charge in [0.1, 0.15) is 5.75 Å². The van der Waals surface area contributed by atoms with Crippen LogP contribution in [0.2, 0.25) is 0 Å². The van der Waals surface area contributed by atoms with Crippen LogP contribution in [0.5, 0.6) is 5.75 Å². The fraction of sp³-hybridized carbons (Fsp3) is 0.286. The van der Waals surface area contributed by atoms with Crippen molar-refractivity contribution >= 4 is 17.5 Å². The van der Waals surface area contributed by atoms with Crippen molar-refractivity contribution in [2.24, 2.45) is 5.73 Å². The lowest BCUT2D eigenvalue weighted by molar-refractivity contribution is -0.118. The molecule has 3 aromatic carbocycles. The summed E-state index contributed by atoms with van der Waals surface area (Å²) in [6, 6.07) is 26.7. The van der Waals surface area contributed by atoms with E-state index in [0.29, 0.717) is 23.5 Å². The number of amides is 2. The Morgan fingerprint density at radius 2 is 1.47 bits per heavy atom.